The number of rotatable bonds is 4. The lowest BCUT2D eigenvalue weighted by Crippen LogP contribution is -2.30. The first-order chi connectivity index (χ1) is 7.00. The van der Waals surface area contributed by atoms with E-state index in [0.29, 0.717) is 16.4 Å². The van der Waals surface area contributed by atoms with Crippen LogP contribution in [0.5, 0.6) is 0 Å². The van der Waals surface area contributed by atoms with Crippen molar-refractivity contribution in [3.05, 3.63) is 35.6 Å². The minimum atomic E-state index is -1.06. The molecule has 0 aromatic carbocycles. The highest BCUT2D eigenvalue weighted by atomic mass is 35.5. The molecule has 0 aliphatic heterocycles. The van der Waals surface area contributed by atoms with Crippen molar-refractivity contribution >= 4 is 23.1 Å². The maximum Gasteiger partial charge on any atom is 0.320 e. The molecule has 0 unspecified atom stereocenters. The van der Waals surface area contributed by atoms with Gasteiger partial charge in [-0.15, -0.1) is 0 Å². The molecule has 15 heavy (non-hydrogen) atoms. The molecule has 1 atom stereocenters. The summed E-state index contributed by atoms with van der Waals surface area (Å²) in [5.74, 6) is -1.06. The fourth-order valence-electron chi connectivity index (χ4n) is 1.06. The Balaban J connectivity index is 2.73. The van der Waals surface area contributed by atoms with Crippen molar-refractivity contribution in [2.24, 2.45) is 5.73 Å². The van der Waals surface area contributed by atoms with Crippen LogP contribution in [0.25, 0.3) is 5.57 Å². The third-order valence-corrected chi connectivity index (χ3v) is 2.07. The maximum absolute atomic E-state index is 10.5. The van der Waals surface area contributed by atoms with E-state index in [9.17, 15) is 4.79 Å². The van der Waals surface area contributed by atoms with E-state index in [4.69, 9.17) is 22.4 Å². The van der Waals surface area contributed by atoms with Gasteiger partial charge in [0.2, 0.25) is 0 Å². The maximum atomic E-state index is 10.5. The second kappa shape index (κ2) is 4.91. The number of carboxylic acid groups (broad SMARTS) is 1. The topological polar surface area (TPSA) is 76.2 Å². The molecule has 3 N–H and O–H groups in total. The Hall–Kier alpha value is -1.39. The Kier molecular flexibility index (Phi) is 3.82. The smallest absolute Gasteiger partial charge is 0.320 e. The minimum Gasteiger partial charge on any atom is -0.480 e. The lowest BCUT2D eigenvalue weighted by Gasteiger charge is -2.08. The molecule has 0 aliphatic rings. The minimum absolute atomic E-state index is 0.155. The number of aromatic nitrogens is 1. The van der Waals surface area contributed by atoms with Gasteiger partial charge in [0.15, 0.2) is 0 Å². The van der Waals surface area contributed by atoms with Crippen molar-refractivity contribution in [3.8, 4) is 0 Å². The summed E-state index contributed by atoms with van der Waals surface area (Å²) in [4.78, 5) is 14.5. The zero-order chi connectivity index (χ0) is 11.4. The molecule has 0 radical (unpaired) electrons. The van der Waals surface area contributed by atoms with E-state index in [0.717, 1.165) is 0 Å². The van der Waals surface area contributed by atoms with Crippen molar-refractivity contribution < 1.29 is 9.90 Å². The highest BCUT2D eigenvalue weighted by Crippen LogP contribution is 2.17. The van der Waals surface area contributed by atoms with Gasteiger partial charge in [-0.3, -0.25) is 4.79 Å². The Morgan fingerprint density at radius 1 is 1.67 bits per heavy atom. The molecular weight excluding hydrogens is 216 g/mol. The predicted octanol–water partition coefficient (Wildman–Crippen LogP) is 1.55. The van der Waals surface area contributed by atoms with Gasteiger partial charge in [-0.05, 0) is 24.1 Å². The molecule has 0 fully saturated rings. The molecule has 0 saturated carbocycles. The first-order valence-corrected chi connectivity index (χ1v) is 4.67. The van der Waals surface area contributed by atoms with Crippen LogP contribution in [-0.4, -0.2) is 22.1 Å². The molecular formula is C10H11ClN2O2. The quantitative estimate of drug-likeness (QED) is 0.764. The first-order valence-electron chi connectivity index (χ1n) is 4.30. The van der Waals surface area contributed by atoms with E-state index in [1.807, 2.05) is 0 Å². The van der Waals surface area contributed by atoms with E-state index in [2.05, 4.69) is 11.6 Å². The summed E-state index contributed by atoms with van der Waals surface area (Å²) in [7, 11) is 0. The molecule has 5 heteroatoms. The average Bonchev–Trinajstić information content (AvgIpc) is 2.17. The zero-order valence-electron chi connectivity index (χ0n) is 7.98. The van der Waals surface area contributed by atoms with E-state index in [-0.39, 0.29) is 6.42 Å². The summed E-state index contributed by atoms with van der Waals surface area (Å²) in [5, 5.41) is 8.96. The normalized spacial score (nSPS) is 12.1. The number of carboxylic acids is 1. The molecule has 1 rings (SSSR count). The van der Waals surface area contributed by atoms with Crippen LogP contribution in [0.15, 0.2) is 24.8 Å². The molecule has 1 heterocycles. The van der Waals surface area contributed by atoms with Crippen LogP contribution >= 0.6 is 11.6 Å². The van der Waals surface area contributed by atoms with Crippen molar-refractivity contribution in [2.75, 3.05) is 0 Å². The van der Waals surface area contributed by atoms with E-state index in [1.54, 1.807) is 18.2 Å². The van der Waals surface area contributed by atoms with Gasteiger partial charge < -0.3 is 10.8 Å². The number of carbonyl (C=O) groups is 1. The van der Waals surface area contributed by atoms with E-state index < -0.39 is 12.0 Å². The molecule has 0 saturated heterocycles. The number of nitrogens with zero attached hydrogens (tertiary/aromatic N) is 1. The summed E-state index contributed by atoms with van der Waals surface area (Å²) in [6.07, 6.45) is 0.155. The van der Waals surface area contributed by atoms with Crippen LogP contribution in [0.4, 0.5) is 0 Å². The Morgan fingerprint density at radius 3 is 2.87 bits per heavy atom. The number of hydrogen-bond acceptors (Lipinski definition) is 3. The van der Waals surface area contributed by atoms with Gasteiger partial charge in [-0.2, -0.15) is 0 Å². The molecule has 80 valence electrons. The van der Waals surface area contributed by atoms with Gasteiger partial charge in [-0.1, -0.05) is 24.2 Å². The van der Waals surface area contributed by atoms with Crippen molar-refractivity contribution in [1.82, 2.24) is 4.98 Å². The summed E-state index contributed by atoms with van der Waals surface area (Å²) in [6, 6.07) is 4.11. The van der Waals surface area contributed by atoms with E-state index in [1.165, 1.54) is 0 Å². The number of nitrogens with two attached hydrogens (primary N) is 1. The standard InChI is InChI=1S/C10H11ClN2O2/c1-6(5-7(12)10(14)15)8-3-2-4-9(11)13-8/h2-4,7H,1,5,12H2,(H,14,15)/t7-/m1/s1. The second-order valence-corrected chi connectivity index (χ2v) is 3.49. The fraction of sp³-hybridized carbons (Fsp3) is 0.200. The summed E-state index contributed by atoms with van der Waals surface area (Å²) < 4.78 is 0. The van der Waals surface area contributed by atoms with Gasteiger partial charge in [-0.25, -0.2) is 4.98 Å². The Labute approximate surface area is 92.4 Å². The lowest BCUT2D eigenvalue weighted by molar-refractivity contribution is -0.138. The number of pyridine rings is 1. The van der Waals surface area contributed by atoms with Crippen LogP contribution in [0.2, 0.25) is 5.15 Å². The van der Waals surface area contributed by atoms with Gasteiger partial charge >= 0.3 is 5.97 Å². The van der Waals surface area contributed by atoms with Crippen LogP contribution in [0.1, 0.15) is 12.1 Å². The molecule has 0 bridgehead atoms. The Bertz CT molecular complexity index is 393. The van der Waals surface area contributed by atoms with Crippen LogP contribution in [0, 0.1) is 0 Å². The van der Waals surface area contributed by atoms with Crippen molar-refractivity contribution in [3.63, 3.8) is 0 Å². The lowest BCUT2D eigenvalue weighted by atomic mass is 10.1. The molecule has 0 aliphatic carbocycles. The van der Waals surface area contributed by atoms with Crippen molar-refractivity contribution in [2.45, 2.75) is 12.5 Å². The third-order valence-electron chi connectivity index (χ3n) is 1.86. The highest BCUT2D eigenvalue weighted by molar-refractivity contribution is 6.29. The summed E-state index contributed by atoms with van der Waals surface area (Å²) >= 11 is 5.69. The molecule has 0 spiro atoms. The monoisotopic (exact) mass is 226 g/mol. The van der Waals surface area contributed by atoms with Gasteiger partial charge in [0, 0.05) is 0 Å². The second-order valence-electron chi connectivity index (χ2n) is 3.10. The molecule has 1 aromatic heterocycles. The summed E-state index contributed by atoms with van der Waals surface area (Å²) in [6.45, 7) is 3.72. The van der Waals surface area contributed by atoms with Crippen LogP contribution < -0.4 is 5.73 Å². The Morgan fingerprint density at radius 2 is 2.33 bits per heavy atom. The SMILES string of the molecule is C=C(C[C@@H](N)C(=O)O)c1cccc(Cl)n1. The van der Waals surface area contributed by atoms with Crippen LogP contribution in [0.3, 0.4) is 0 Å². The molecule has 0 amide bonds. The van der Waals surface area contributed by atoms with Crippen LogP contribution in [-0.2, 0) is 4.79 Å². The predicted molar refractivity (Wildman–Crippen MR) is 58.5 cm³/mol. The number of aliphatic carboxylic acids is 1. The van der Waals surface area contributed by atoms with Gasteiger partial charge in [0.1, 0.15) is 11.2 Å². The fourth-order valence-corrected chi connectivity index (χ4v) is 1.23. The van der Waals surface area contributed by atoms with E-state index >= 15 is 0 Å². The zero-order valence-corrected chi connectivity index (χ0v) is 8.74. The highest BCUT2D eigenvalue weighted by Gasteiger charge is 2.14. The molecule has 1 aromatic rings. The number of hydrogen-bond donors (Lipinski definition) is 2. The summed E-state index contributed by atoms with van der Waals surface area (Å²) in [5.41, 5.74) is 6.50. The third kappa shape index (κ3) is 3.34. The first kappa shape index (κ1) is 11.7. The number of halogens is 1. The van der Waals surface area contributed by atoms with Gasteiger partial charge in [0.25, 0.3) is 0 Å². The van der Waals surface area contributed by atoms with Crippen molar-refractivity contribution in [1.29, 1.82) is 0 Å². The molecule has 4 nitrogen and oxygen atoms in total. The average molecular weight is 227 g/mol. The largest absolute Gasteiger partial charge is 0.480 e. The van der Waals surface area contributed by atoms with Gasteiger partial charge in [0.05, 0.1) is 5.69 Å².